The first-order valence-electron chi connectivity index (χ1n) is 15.7. The van der Waals surface area contributed by atoms with Gasteiger partial charge in [-0.2, -0.15) is 0 Å². The van der Waals surface area contributed by atoms with Gasteiger partial charge in [-0.25, -0.2) is 0 Å². The van der Waals surface area contributed by atoms with Gasteiger partial charge in [0.1, 0.15) is 24.2 Å². The van der Waals surface area contributed by atoms with Crippen molar-refractivity contribution >= 4 is 35.5 Å². The highest BCUT2D eigenvalue weighted by molar-refractivity contribution is 5.96. The van der Waals surface area contributed by atoms with E-state index in [2.05, 4.69) is 10.6 Å². The van der Waals surface area contributed by atoms with Crippen molar-refractivity contribution in [3.8, 4) is 0 Å². The molecular weight excluding hydrogens is 554 g/mol. The number of likely N-dealkylation sites (N-methyl/N-ethyl adjacent to an activating group) is 2. The van der Waals surface area contributed by atoms with E-state index in [-0.39, 0.29) is 37.1 Å². The molecule has 43 heavy (non-hydrogen) atoms. The number of fused-ring (bicyclic) bond motifs is 1. The number of carbonyl (C=O) groups excluding carboxylic acids is 6. The Bertz CT molecular complexity index is 1030. The summed E-state index contributed by atoms with van der Waals surface area (Å²) < 4.78 is 5.63. The SMILES string of the molecule is CCC(C)C1NC(=O)C2CCCCN2C(=O)C(CC(C)C)OC(=O)CCNC(=O)C(C)N(C)C(=O)C(C(C)C)N(C)C1=O. The molecule has 2 rings (SSSR count). The maximum atomic E-state index is 14.0. The van der Waals surface area contributed by atoms with E-state index < -0.39 is 65.8 Å². The molecule has 0 aromatic carbocycles. The molecule has 2 N–H and O–H groups in total. The maximum Gasteiger partial charge on any atom is 0.308 e. The summed E-state index contributed by atoms with van der Waals surface area (Å²) in [5.74, 6) is -3.34. The van der Waals surface area contributed by atoms with Gasteiger partial charge in [-0.1, -0.05) is 48.0 Å². The number of hydrogen-bond donors (Lipinski definition) is 2. The van der Waals surface area contributed by atoms with E-state index >= 15 is 0 Å². The molecule has 2 saturated heterocycles. The number of hydrogen-bond acceptors (Lipinski definition) is 7. The highest BCUT2D eigenvalue weighted by Gasteiger charge is 2.42. The van der Waals surface area contributed by atoms with Crippen LogP contribution in [0.15, 0.2) is 0 Å². The molecule has 244 valence electrons. The number of esters is 1. The standard InChI is InChI=1S/C31H53N5O7/c1-10-20(6)25-30(41)35(9)26(19(4)5)31(42)34(8)21(7)27(38)32-15-14-24(37)43-23(17-18(2)3)29(40)36-16-12-11-13-22(36)28(39)33-25/h18-23,25-26H,10-17H2,1-9H3,(H,32,38)(H,33,39). The van der Waals surface area contributed by atoms with Crippen LogP contribution in [0.4, 0.5) is 0 Å². The van der Waals surface area contributed by atoms with E-state index in [1.54, 1.807) is 14.0 Å². The summed E-state index contributed by atoms with van der Waals surface area (Å²) in [6.45, 7) is 13.1. The minimum absolute atomic E-state index is 0.0332. The van der Waals surface area contributed by atoms with Gasteiger partial charge in [0, 0.05) is 27.2 Å². The largest absolute Gasteiger partial charge is 0.452 e. The lowest BCUT2D eigenvalue weighted by Gasteiger charge is -2.39. The fraction of sp³-hybridized carbons (Fsp3) is 0.806. The number of carbonyl (C=O) groups is 6. The summed E-state index contributed by atoms with van der Waals surface area (Å²) in [6, 6.07) is -3.53. The van der Waals surface area contributed by atoms with E-state index in [0.717, 1.165) is 6.42 Å². The van der Waals surface area contributed by atoms with Crippen molar-refractivity contribution in [3.63, 3.8) is 0 Å². The van der Waals surface area contributed by atoms with Crippen molar-refractivity contribution in [3.05, 3.63) is 0 Å². The van der Waals surface area contributed by atoms with Crippen LogP contribution in [-0.2, 0) is 33.5 Å². The van der Waals surface area contributed by atoms with E-state index in [9.17, 15) is 28.8 Å². The molecule has 0 bridgehead atoms. The van der Waals surface area contributed by atoms with Crippen LogP contribution < -0.4 is 10.6 Å². The lowest BCUT2D eigenvalue weighted by Crippen LogP contribution is -2.61. The first kappa shape index (κ1) is 36.0. The number of nitrogens with zero attached hydrogens (tertiary/aromatic N) is 3. The topological polar surface area (TPSA) is 145 Å². The molecule has 12 heteroatoms. The van der Waals surface area contributed by atoms with E-state index in [1.165, 1.54) is 21.7 Å². The van der Waals surface area contributed by atoms with Gasteiger partial charge in [-0.15, -0.1) is 0 Å². The van der Waals surface area contributed by atoms with Crippen molar-refractivity contribution < 1.29 is 33.5 Å². The first-order valence-corrected chi connectivity index (χ1v) is 15.7. The molecule has 2 heterocycles. The third-order valence-electron chi connectivity index (χ3n) is 8.69. The van der Waals surface area contributed by atoms with Crippen molar-refractivity contribution in [2.45, 2.75) is 117 Å². The van der Waals surface area contributed by atoms with Gasteiger partial charge in [-0.05, 0) is 50.4 Å². The summed E-state index contributed by atoms with van der Waals surface area (Å²) in [7, 11) is 3.05. The van der Waals surface area contributed by atoms with Gasteiger partial charge in [0.25, 0.3) is 5.91 Å². The molecule has 0 radical (unpaired) electrons. The molecule has 2 fully saturated rings. The monoisotopic (exact) mass is 607 g/mol. The molecule has 6 unspecified atom stereocenters. The average molecular weight is 608 g/mol. The minimum Gasteiger partial charge on any atom is -0.452 e. The Hall–Kier alpha value is -3.18. The summed E-state index contributed by atoms with van der Waals surface area (Å²) in [4.78, 5) is 85.2. The number of piperidine rings is 1. The molecule has 6 atom stereocenters. The quantitative estimate of drug-likeness (QED) is 0.453. The van der Waals surface area contributed by atoms with Crippen LogP contribution in [-0.4, -0.2) is 108 Å². The molecule has 0 spiro atoms. The summed E-state index contributed by atoms with van der Waals surface area (Å²) >= 11 is 0. The lowest BCUT2D eigenvalue weighted by atomic mass is 9.93. The van der Waals surface area contributed by atoms with Crippen molar-refractivity contribution in [1.82, 2.24) is 25.3 Å². The van der Waals surface area contributed by atoms with Crippen molar-refractivity contribution in [2.75, 3.05) is 27.2 Å². The number of nitrogens with one attached hydrogen (secondary N) is 2. The van der Waals surface area contributed by atoms with Crippen molar-refractivity contribution in [1.29, 1.82) is 0 Å². The van der Waals surface area contributed by atoms with Gasteiger partial charge in [0.15, 0.2) is 6.10 Å². The second-order valence-electron chi connectivity index (χ2n) is 12.8. The van der Waals surface area contributed by atoms with Crippen LogP contribution >= 0.6 is 0 Å². The lowest BCUT2D eigenvalue weighted by molar-refractivity contribution is -0.164. The Kier molecular flexibility index (Phi) is 13.4. The third-order valence-corrected chi connectivity index (χ3v) is 8.69. The van der Waals surface area contributed by atoms with Gasteiger partial charge in [0.2, 0.25) is 23.6 Å². The smallest absolute Gasteiger partial charge is 0.308 e. The molecule has 0 aliphatic carbocycles. The molecule has 0 aromatic rings. The zero-order valence-electron chi connectivity index (χ0n) is 27.5. The van der Waals surface area contributed by atoms with Crippen molar-refractivity contribution in [2.24, 2.45) is 17.8 Å². The molecule has 5 amide bonds. The predicted octanol–water partition coefficient (Wildman–Crippen LogP) is 1.71. The zero-order valence-corrected chi connectivity index (χ0v) is 27.5. The Labute approximate surface area is 256 Å². The fourth-order valence-corrected chi connectivity index (χ4v) is 5.70. The van der Waals surface area contributed by atoms with E-state index in [1.807, 2.05) is 41.5 Å². The van der Waals surface area contributed by atoms with Gasteiger partial charge in [0.05, 0.1) is 6.42 Å². The molecule has 0 saturated carbocycles. The highest BCUT2D eigenvalue weighted by Crippen LogP contribution is 2.24. The third kappa shape index (κ3) is 9.15. The number of amides is 5. The second kappa shape index (κ2) is 16.0. The van der Waals surface area contributed by atoms with Crippen LogP contribution in [0.3, 0.4) is 0 Å². The van der Waals surface area contributed by atoms with Crippen LogP contribution in [0.1, 0.15) is 87.0 Å². The van der Waals surface area contributed by atoms with E-state index in [4.69, 9.17) is 4.74 Å². The van der Waals surface area contributed by atoms with Crippen LogP contribution in [0.2, 0.25) is 0 Å². The molecule has 2 aliphatic heterocycles. The maximum absolute atomic E-state index is 14.0. The Morgan fingerprint density at radius 2 is 1.53 bits per heavy atom. The zero-order chi connectivity index (χ0) is 32.6. The molecule has 0 aromatic heterocycles. The Morgan fingerprint density at radius 3 is 2.12 bits per heavy atom. The Morgan fingerprint density at radius 1 is 0.884 bits per heavy atom. The Balaban J connectivity index is 2.57. The second-order valence-corrected chi connectivity index (χ2v) is 12.8. The van der Waals surface area contributed by atoms with Crippen LogP contribution in [0, 0.1) is 17.8 Å². The summed E-state index contributed by atoms with van der Waals surface area (Å²) in [6.07, 6.45) is 1.47. The summed E-state index contributed by atoms with van der Waals surface area (Å²) in [5, 5.41) is 5.60. The van der Waals surface area contributed by atoms with Crippen LogP contribution in [0.25, 0.3) is 0 Å². The van der Waals surface area contributed by atoms with Crippen LogP contribution in [0.5, 0.6) is 0 Å². The number of rotatable bonds is 5. The minimum atomic E-state index is -1.08. The molecule has 12 nitrogen and oxygen atoms in total. The fourth-order valence-electron chi connectivity index (χ4n) is 5.70. The predicted molar refractivity (Wildman–Crippen MR) is 161 cm³/mol. The normalized spacial score (nSPS) is 28.5. The van der Waals surface area contributed by atoms with Gasteiger partial charge < -0.3 is 30.1 Å². The van der Waals surface area contributed by atoms with Gasteiger partial charge >= 0.3 is 5.97 Å². The number of ether oxygens (including phenoxy) is 1. The highest BCUT2D eigenvalue weighted by atomic mass is 16.5. The summed E-state index contributed by atoms with van der Waals surface area (Å²) in [5.41, 5.74) is 0. The molecular formula is C31H53N5O7. The molecule has 2 aliphatic rings. The van der Waals surface area contributed by atoms with Gasteiger partial charge in [-0.3, -0.25) is 28.8 Å². The number of cyclic esters (lactones) is 1. The average Bonchev–Trinajstić information content (AvgIpc) is 2.96. The van der Waals surface area contributed by atoms with E-state index in [0.29, 0.717) is 25.8 Å². The first-order chi connectivity index (χ1) is 20.1.